The predicted octanol–water partition coefficient (Wildman–Crippen LogP) is 2.88. The molecule has 2 rings (SSSR count). The van der Waals surface area contributed by atoms with Crippen LogP contribution in [-0.2, 0) is 9.59 Å². The summed E-state index contributed by atoms with van der Waals surface area (Å²) in [6.07, 6.45) is 5.49. The minimum absolute atomic E-state index is 0.141. The molecule has 1 aliphatic heterocycles. The molecule has 0 radical (unpaired) electrons. The van der Waals surface area contributed by atoms with Gasteiger partial charge in [0.25, 0.3) is 0 Å². The molecule has 0 aliphatic carbocycles. The first-order valence-electron chi connectivity index (χ1n) is 8.38. The van der Waals surface area contributed by atoms with Crippen LogP contribution in [0.25, 0.3) is 0 Å². The van der Waals surface area contributed by atoms with Gasteiger partial charge in [0.1, 0.15) is 11.4 Å². The highest BCUT2D eigenvalue weighted by molar-refractivity contribution is 6.30. The minimum atomic E-state index is -1.25. The number of pyridine rings is 1. The van der Waals surface area contributed by atoms with Gasteiger partial charge in [0.15, 0.2) is 0 Å². The molecule has 1 aromatic rings. The van der Waals surface area contributed by atoms with Gasteiger partial charge in [0.05, 0.1) is 5.02 Å². The largest absolute Gasteiger partial charge is 0.479 e. The molecule has 1 unspecified atom stereocenters. The number of allylic oxidation sites excluding steroid dienone is 1. The molecule has 2 heterocycles. The summed E-state index contributed by atoms with van der Waals surface area (Å²) in [6, 6.07) is 3.65. The molecule has 1 fully saturated rings. The molecule has 1 aromatic heterocycles. The Hall–Kier alpha value is -2.08. The fourth-order valence-electron chi connectivity index (χ4n) is 3.50. The lowest BCUT2D eigenvalue weighted by molar-refractivity contribution is -0.151. The lowest BCUT2D eigenvalue weighted by Gasteiger charge is -2.42. The van der Waals surface area contributed by atoms with E-state index in [1.165, 1.54) is 6.92 Å². The standard InChI is InChI=1S/C18H24ClN3O3/c1-3-4-9-18(17(24)25,21-13(2)23)14-7-10-22(11-8-14)16-6-5-15(19)12-20-16/h3,5-6,12,14H,1,4,7-11H2,2H3,(H,21,23)(H,24,25). The summed E-state index contributed by atoms with van der Waals surface area (Å²) in [5, 5.41) is 13.2. The summed E-state index contributed by atoms with van der Waals surface area (Å²) in [5.74, 6) is -0.618. The topological polar surface area (TPSA) is 82.5 Å². The Morgan fingerprint density at radius 2 is 2.16 bits per heavy atom. The second-order valence-corrected chi connectivity index (χ2v) is 6.82. The van der Waals surface area contributed by atoms with Crippen LogP contribution in [0.4, 0.5) is 5.82 Å². The molecule has 2 N–H and O–H groups in total. The van der Waals surface area contributed by atoms with E-state index in [1.807, 2.05) is 6.07 Å². The maximum absolute atomic E-state index is 12.1. The van der Waals surface area contributed by atoms with Gasteiger partial charge < -0.3 is 15.3 Å². The van der Waals surface area contributed by atoms with Crippen LogP contribution < -0.4 is 10.2 Å². The molecule has 25 heavy (non-hydrogen) atoms. The Labute approximate surface area is 152 Å². The van der Waals surface area contributed by atoms with Crippen molar-refractivity contribution in [2.24, 2.45) is 5.92 Å². The van der Waals surface area contributed by atoms with Crippen LogP contribution in [0.2, 0.25) is 5.02 Å². The molecule has 0 saturated carbocycles. The molecule has 0 aromatic carbocycles. The highest BCUT2D eigenvalue weighted by Gasteiger charge is 2.47. The second kappa shape index (κ2) is 8.34. The number of carboxylic acids is 1. The maximum atomic E-state index is 12.1. The van der Waals surface area contributed by atoms with E-state index in [1.54, 1.807) is 18.3 Å². The molecule has 0 spiro atoms. The highest BCUT2D eigenvalue weighted by Crippen LogP contribution is 2.34. The number of halogens is 1. The van der Waals surface area contributed by atoms with Crippen molar-refractivity contribution >= 4 is 29.3 Å². The average Bonchev–Trinajstić information content (AvgIpc) is 2.59. The smallest absolute Gasteiger partial charge is 0.329 e. The van der Waals surface area contributed by atoms with Crippen molar-refractivity contribution in [3.63, 3.8) is 0 Å². The van der Waals surface area contributed by atoms with Gasteiger partial charge in [-0.05, 0) is 43.7 Å². The first-order chi connectivity index (χ1) is 11.9. The van der Waals surface area contributed by atoms with Crippen LogP contribution in [0, 0.1) is 5.92 Å². The molecule has 7 heteroatoms. The summed E-state index contributed by atoms with van der Waals surface area (Å²) >= 11 is 5.87. The Kier molecular flexibility index (Phi) is 6.42. The van der Waals surface area contributed by atoms with Crippen LogP contribution in [0.1, 0.15) is 32.6 Å². The average molecular weight is 366 g/mol. The number of anilines is 1. The number of aliphatic carboxylic acids is 1. The molecule has 0 bridgehead atoms. The Morgan fingerprint density at radius 3 is 2.64 bits per heavy atom. The quantitative estimate of drug-likeness (QED) is 0.726. The first kappa shape index (κ1) is 19.2. The van der Waals surface area contributed by atoms with Gasteiger partial charge in [0.2, 0.25) is 5.91 Å². The van der Waals surface area contributed by atoms with E-state index >= 15 is 0 Å². The van der Waals surface area contributed by atoms with Crippen molar-refractivity contribution in [3.8, 4) is 0 Å². The van der Waals surface area contributed by atoms with E-state index in [4.69, 9.17) is 11.6 Å². The van der Waals surface area contributed by atoms with Crippen molar-refractivity contribution in [2.75, 3.05) is 18.0 Å². The number of aromatic nitrogens is 1. The summed E-state index contributed by atoms with van der Waals surface area (Å²) < 4.78 is 0. The molecule has 6 nitrogen and oxygen atoms in total. The van der Waals surface area contributed by atoms with Gasteiger partial charge in [-0.3, -0.25) is 4.79 Å². The maximum Gasteiger partial charge on any atom is 0.329 e. The summed E-state index contributed by atoms with van der Waals surface area (Å²) in [5.41, 5.74) is -1.25. The van der Waals surface area contributed by atoms with Gasteiger partial charge in [-0.15, -0.1) is 6.58 Å². The van der Waals surface area contributed by atoms with Crippen LogP contribution >= 0.6 is 11.6 Å². The number of nitrogens with one attached hydrogen (secondary N) is 1. The zero-order valence-electron chi connectivity index (χ0n) is 14.4. The fourth-order valence-corrected chi connectivity index (χ4v) is 3.62. The van der Waals surface area contributed by atoms with Crippen LogP contribution in [-0.4, -0.2) is 40.6 Å². The third-order valence-corrected chi connectivity index (χ3v) is 4.97. The number of hydrogen-bond acceptors (Lipinski definition) is 4. The number of carbonyl (C=O) groups excluding carboxylic acids is 1. The van der Waals surface area contributed by atoms with Crippen LogP contribution in [0.3, 0.4) is 0 Å². The number of amides is 1. The van der Waals surface area contributed by atoms with E-state index < -0.39 is 11.5 Å². The molecule has 1 amide bonds. The molecule has 1 saturated heterocycles. The molecular formula is C18H24ClN3O3. The number of carbonyl (C=O) groups is 2. The van der Waals surface area contributed by atoms with Crippen molar-refractivity contribution in [2.45, 2.75) is 38.1 Å². The molecule has 1 atom stereocenters. The van der Waals surface area contributed by atoms with Gasteiger partial charge >= 0.3 is 5.97 Å². The summed E-state index contributed by atoms with van der Waals surface area (Å²) in [6.45, 7) is 6.40. The van der Waals surface area contributed by atoms with Crippen LogP contribution in [0.5, 0.6) is 0 Å². The van der Waals surface area contributed by atoms with E-state index in [0.717, 1.165) is 5.82 Å². The number of nitrogens with zero attached hydrogens (tertiary/aromatic N) is 2. The molecule has 136 valence electrons. The Morgan fingerprint density at radius 1 is 1.48 bits per heavy atom. The number of hydrogen-bond donors (Lipinski definition) is 2. The van der Waals surface area contributed by atoms with Crippen molar-refractivity contribution in [1.82, 2.24) is 10.3 Å². The van der Waals surface area contributed by atoms with Gasteiger partial charge in [-0.1, -0.05) is 17.7 Å². The van der Waals surface area contributed by atoms with Crippen LogP contribution in [0.15, 0.2) is 31.0 Å². The van der Waals surface area contributed by atoms with Crippen molar-refractivity contribution < 1.29 is 14.7 Å². The van der Waals surface area contributed by atoms with E-state index in [0.29, 0.717) is 43.8 Å². The molecule has 1 aliphatic rings. The Balaban J connectivity index is 2.14. The minimum Gasteiger partial charge on any atom is -0.479 e. The molecular weight excluding hydrogens is 342 g/mol. The number of rotatable bonds is 7. The lowest BCUT2D eigenvalue weighted by atomic mass is 9.74. The fraction of sp³-hybridized carbons (Fsp3) is 0.500. The Bertz CT molecular complexity index is 627. The second-order valence-electron chi connectivity index (χ2n) is 6.38. The predicted molar refractivity (Wildman–Crippen MR) is 97.8 cm³/mol. The van der Waals surface area contributed by atoms with E-state index in [2.05, 4.69) is 21.8 Å². The summed E-state index contributed by atoms with van der Waals surface area (Å²) in [7, 11) is 0. The zero-order valence-corrected chi connectivity index (χ0v) is 15.1. The van der Waals surface area contributed by atoms with E-state index in [-0.39, 0.29) is 11.8 Å². The van der Waals surface area contributed by atoms with Gasteiger partial charge in [-0.2, -0.15) is 0 Å². The normalized spacial score (nSPS) is 17.6. The first-order valence-corrected chi connectivity index (χ1v) is 8.76. The van der Waals surface area contributed by atoms with E-state index in [9.17, 15) is 14.7 Å². The number of carboxylic acid groups (broad SMARTS) is 1. The lowest BCUT2D eigenvalue weighted by Crippen LogP contribution is -2.61. The summed E-state index contributed by atoms with van der Waals surface area (Å²) in [4.78, 5) is 30.1. The SMILES string of the molecule is C=CCCC(NC(C)=O)(C(=O)O)C1CCN(c2ccc(Cl)cn2)CC1. The van der Waals surface area contributed by atoms with Crippen molar-refractivity contribution in [1.29, 1.82) is 0 Å². The monoisotopic (exact) mass is 365 g/mol. The third kappa shape index (κ3) is 4.51. The van der Waals surface area contributed by atoms with Gasteiger partial charge in [0, 0.05) is 26.2 Å². The zero-order chi connectivity index (χ0) is 18.4. The van der Waals surface area contributed by atoms with Crippen molar-refractivity contribution in [3.05, 3.63) is 36.0 Å². The highest BCUT2D eigenvalue weighted by atomic mass is 35.5. The number of piperidine rings is 1. The van der Waals surface area contributed by atoms with Gasteiger partial charge in [-0.25, -0.2) is 9.78 Å². The third-order valence-electron chi connectivity index (χ3n) is 4.75.